The Morgan fingerprint density at radius 1 is 1.09 bits per heavy atom. The molecular formula is CH4N2Na2O5S. The van der Waals surface area contributed by atoms with Crippen molar-refractivity contribution in [3.8, 4) is 0 Å². The van der Waals surface area contributed by atoms with Crippen LogP contribution < -0.4 is 70.6 Å². The minimum absolute atomic E-state index is 0. The largest absolute Gasteiger partial charge is 1.00 e. The molecule has 0 spiro atoms. The van der Waals surface area contributed by atoms with Crippen LogP contribution in [0.15, 0.2) is 0 Å². The van der Waals surface area contributed by atoms with Crippen molar-refractivity contribution in [1.29, 1.82) is 0 Å². The van der Waals surface area contributed by atoms with Crippen molar-refractivity contribution in [2.45, 2.75) is 0 Å². The fourth-order valence-corrected chi connectivity index (χ4v) is 0. The molecule has 4 N–H and O–H groups in total. The Morgan fingerprint density at radius 2 is 1.09 bits per heavy atom. The van der Waals surface area contributed by atoms with Gasteiger partial charge in [0.2, 0.25) is 0 Å². The van der Waals surface area contributed by atoms with Crippen molar-refractivity contribution in [3.63, 3.8) is 0 Å². The Balaban J connectivity index is -0.0000000383. The van der Waals surface area contributed by atoms with E-state index in [4.69, 9.17) is 22.3 Å². The van der Waals surface area contributed by atoms with E-state index in [1.165, 1.54) is 0 Å². The van der Waals surface area contributed by atoms with Crippen LogP contribution in [0.5, 0.6) is 0 Å². The van der Waals surface area contributed by atoms with E-state index in [9.17, 15) is 0 Å². The van der Waals surface area contributed by atoms with Crippen molar-refractivity contribution in [1.82, 2.24) is 0 Å². The van der Waals surface area contributed by atoms with Gasteiger partial charge in [-0.15, -0.1) is 0 Å². The third-order valence-electron chi connectivity index (χ3n) is 0. The van der Waals surface area contributed by atoms with Gasteiger partial charge in [0.1, 0.15) is 0 Å². The molecule has 0 aliphatic carbocycles. The molecule has 0 aromatic rings. The van der Waals surface area contributed by atoms with Crippen LogP contribution in [-0.2, 0) is 10.4 Å². The van der Waals surface area contributed by atoms with Gasteiger partial charge in [0, 0.05) is 10.4 Å². The molecule has 0 heterocycles. The average molecular weight is 202 g/mol. The fraction of sp³-hybridized carbons (Fsp3) is 0. The first-order chi connectivity index (χ1) is 3.73. The monoisotopic (exact) mass is 202 g/mol. The van der Waals surface area contributed by atoms with Gasteiger partial charge in [0.05, 0.1) is 0 Å². The Morgan fingerprint density at radius 3 is 1.09 bits per heavy atom. The summed E-state index contributed by atoms with van der Waals surface area (Å²) in [6, 6.07) is -0.833. The number of carbonyl (C=O) groups excluding carboxylic acids is 1. The van der Waals surface area contributed by atoms with Crippen LogP contribution in [0.1, 0.15) is 0 Å². The van der Waals surface area contributed by atoms with Crippen LogP contribution in [0.25, 0.3) is 0 Å². The molecule has 0 radical (unpaired) electrons. The van der Waals surface area contributed by atoms with Crippen molar-refractivity contribution < 1.29 is 81.4 Å². The van der Waals surface area contributed by atoms with Crippen LogP contribution in [0.3, 0.4) is 0 Å². The maximum atomic E-state index is 9.00. The van der Waals surface area contributed by atoms with Gasteiger partial charge in [-0.25, -0.2) is 4.79 Å². The van der Waals surface area contributed by atoms with Crippen LogP contribution >= 0.6 is 0 Å². The molecule has 0 aliphatic heterocycles. The number of carbonyl (C=O) groups is 1. The molecule has 0 aliphatic rings. The van der Waals surface area contributed by atoms with E-state index in [-0.39, 0.29) is 59.1 Å². The van der Waals surface area contributed by atoms with Crippen molar-refractivity contribution in [2.75, 3.05) is 0 Å². The second-order valence-electron chi connectivity index (χ2n) is 0.811. The van der Waals surface area contributed by atoms with E-state index in [2.05, 4.69) is 11.5 Å². The van der Waals surface area contributed by atoms with E-state index in [1.807, 2.05) is 0 Å². The first-order valence-electron chi connectivity index (χ1n) is 1.45. The minimum Gasteiger partial charge on any atom is -0.759 e. The second kappa shape index (κ2) is 11.1. The predicted octanol–water partition coefficient (Wildman–Crippen LogP) is -8.31. The third kappa shape index (κ3) is 716. The number of hydrogen-bond acceptors (Lipinski definition) is 5. The molecule has 0 saturated carbocycles. The zero-order valence-corrected chi connectivity index (χ0v) is 10.9. The van der Waals surface area contributed by atoms with Gasteiger partial charge in [-0.3, -0.25) is 8.42 Å². The van der Waals surface area contributed by atoms with Crippen molar-refractivity contribution >= 4 is 16.4 Å². The Hall–Kier alpha value is 1.14. The summed E-state index contributed by atoms with van der Waals surface area (Å²) in [5.74, 6) is 0. The molecular weight excluding hydrogens is 198 g/mol. The number of urea groups is 1. The molecule has 0 bridgehead atoms. The summed E-state index contributed by atoms with van der Waals surface area (Å²) in [6.45, 7) is 0. The normalized spacial score (nSPS) is 7.45. The molecule has 56 valence electrons. The van der Waals surface area contributed by atoms with Gasteiger partial charge in [0.15, 0.2) is 0 Å². The Labute approximate surface area is 108 Å². The Bertz CT molecular complexity index is 165. The van der Waals surface area contributed by atoms with Crippen molar-refractivity contribution in [3.05, 3.63) is 0 Å². The van der Waals surface area contributed by atoms with Gasteiger partial charge in [-0.1, -0.05) is 0 Å². The number of hydrogen-bond donors (Lipinski definition) is 2. The zero-order valence-electron chi connectivity index (χ0n) is 6.10. The summed E-state index contributed by atoms with van der Waals surface area (Å²) >= 11 is 0. The molecule has 7 nitrogen and oxygen atoms in total. The molecule has 0 rings (SSSR count). The summed E-state index contributed by atoms with van der Waals surface area (Å²) < 4.78 is 34.1. The first-order valence-corrected chi connectivity index (χ1v) is 2.78. The van der Waals surface area contributed by atoms with Gasteiger partial charge in [-0.2, -0.15) is 0 Å². The van der Waals surface area contributed by atoms with Gasteiger partial charge in [0.25, 0.3) is 0 Å². The fourth-order valence-electron chi connectivity index (χ4n) is 0. The van der Waals surface area contributed by atoms with E-state index < -0.39 is 16.4 Å². The maximum absolute atomic E-state index is 9.00. The Kier molecular flexibility index (Phi) is 23.0. The van der Waals surface area contributed by atoms with Gasteiger partial charge in [-0.05, 0) is 0 Å². The van der Waals surface area contributed by atoms with E-state index >= 15 is 0 Å². The van der Waals surface area contributed by atoms with Crippen LogP contribution in [0.2, 0.25) is 0 Å². The minimum atomic E-state index is -5.17. The molecule has 10 heteroatoms. The number of nitrogens with two attached hydrogens (primary N) is 2. The van der Waals surface area contributed by atoms with Crippen LogP contribution in [0, 0.1) is 0 Å². The standard InChI is InChI=1S/CH4N2O.2Na.H2O4S/c2-1(3)4;;;1-5(2,3)4/h(H4,2,3,4);;;(H2,1,2,3,4)/q;2*+1;/p-2. The molecule has 0 fully saturated rings. The predicted molar refractivity (Wildman–Crippen MR) is 24.2 cm³/mol. The number of primary amides is 2. The number of rotatable bonds is 0. The van der Waals surface area contributed by atoms with Crippen molar-refractivity contribution in [2.24, 2.45) is 11.5 Å². The topological polar surface area (TPSA) is 149 Å². The van der Waals surface area contributed by atoms with Gasteiger partial charge < -0.3 is 20.6 Å². The molecule has 11 heavy (non-hydrogen) atoms. The first kappa shape index (κ1) is 22.7. The summed E-state index contributed by atoms with van der Waals surface area (Å²) in [6.07, 6.45) is 0. The van der Waals surface area contributed by atoms with Crippen LogP contribution in [-0.4, -0.2) is 23.6 Å². The molecule has 0 aromatic heterocycles. The maximum Gasteiger partial charge on any atom is 1.00 e. The SMILES string of the molecule is NC(N)=O.O=S(=O)([O-])[O-].[Na+].[Na+]. The molecule has 0 saturated heterocycles. The smallest absolute Gasteiger partial charge is 0.759 e. The van der Waals surface area contributed by atoms with Gasteiger partial charge >= 0.3 is 65.1 Å². The third-order valence-corrected chi connectivity index (χ3v) is 0. The summed E-state index contributed by atoms with van der Waals surface area (Å²) in [4.78, 5) is 9.00. The molecule has 0 aromatic carbocycles. The van der Waals surface area contributed by atoms with Crippen LogP contribution in [0.4, 0.5) is 4.79 Å². The van der Waals surface area contributed by atoms with E-state index in [0.29, 0.717) is 0 Å². The summed E-state index contributed by atoms with van der Waals surface area (Å²) in [5.41, 5.74) is 8.50. The second-order valence-corrected chi connectivity index (χ2v) is 1.63. The average Bonchev–Trinajstić information content (AvgIpc) is 1.19. The van der Waals surface area contributed by atoms with E-state index in [1.54, 1.807) is 0 Å². The zero-order chi connectivity index (χ0) is 8.08. The molecule has 0 atom stereocenters. The molecule has 2 amide bonds. The quantitative estimate of drug-likeness (QED) is 0.227. The molecule has 0 unspecified atom stereocenters. The summed E-state index contributed by atoms with van der Waals surface area (Å²) in [5, 5.41) is 0. The van der Waals surface area contributed by atoms with E-state index in [0.717, 1.165) is 0 Å². The number of amides is 2. The summed E-state index contributed by atoms with van der Waals surface area (Å²) in [7, 11) is -5.17.